The number of amides is 2. The van der Waals surface area contributed by atoms with Gasteiger partial charge in [0, 0.05) is 31.1 Å². The second kappa shape index (κ2) is 15.0. The summed E-state index contributed by atoms with van der Waals surface area (Å²) >= 11 is 6.13. The highest BCUT2D eigenvalue weighted by atomic mass is 35.5. The van der Waals surface area contributed by atoms with E-state index >= 15 is 0 Å². The molecule has 0 saturated heterocycles. The minimum atomic E-state index is -4.34. The van der Waals surface area contributed by atoms with Crippen LogP contribution in [0.2, 0.25) is 5.02 Å². The predicted octanol–water partition coefficient (Wildman–Crippen LogP) is 5.25. The van der Waals surface area contributed by atoms with E-state index < -0.39 is 28.5 Å². The van der Waals surface area contributed by atoms with Gasteiger partial charge in [-0.05, 0) is 54.4 Å². The summed E-state index contributed by atoms with van der Waals surface area (Å²) in [6, 6.07) is 26.4. The number of nitrogens with zero attached hydrogens (tertiary/aromatic N) is 2. The highest BCUT2D eigenvalue weighted by Crippen LogP contribution is 2.33. The Kier molecular flexibility index (Phi) is 11.1. The summed E-state index contributed by atoms with van der Waals surface area (Å²) in [5.41, 5.74) is 2.85. The molecule has 0 saturated carbocycles. The first-order valence-corrected chi connectivity index (χ1v) is 16.0. The number of hydrogen-bond acceptors (Lipinski definition) is 6. The summed E-state index contributed by atoms with van der Waals surface area (Å²) in [5.74, 6) is -0.380. The van der Waals surface area contributed by atoms with E-state index in [9.17, 15) is 18.0 Å². The van der Waals surface area contributed by atoms with Gasteiger partial charge >= 0.3 is 0 Å². The van der Waals surface area contributed by atoms with Crippen molar-refractivity contribution in [3.05, 3.63) is 119 Å². The van der Waals surface area contributed by atoms with E-state index in [1.54, 1.807) is 12.1 Å². The summed E-state index contributed by atoms with van der Waals surface area (Å²) in [6.07, 6.45) is 0.224. The number of benzene rings is 4. The Bertz CT molecular complexity index is 1730. The standard InChI is InChI=1S/C34H36ClN3O6S/c1-24-9-8-12-26(19-24)22-37(30(34(40)36-2)20-25-10-6-5-7-11-25)33(39)23-38(28-15-13-27(35)14-16-28)45(41,42)29-17-18-31(43-3)32(21-29)44-4/h5-19,21,30H,20,22-23H2,1-4H3,(H,36,40). The number of methoxy groups -OCH3 is 2. The second-order valence-electron chi connectivity index (χ2n) is 10.3. The predicted molar refractivity (Wildman–Crippen MR) is 175 cm³/mol. The lowest BCUT2D eigenvalue weighted by Gasteiger charge is -2.33. The van der Waals surface area contributed by atoms with Crippen LogP contribution in [0.3, 0.4) is 0 Å². The van der Waals surface area contributed by atoms with Crippen LogP contribution in [-0.4, -0.2) is 59.0 Å². The normalized spacial score (nSPS) is 11.8. The fourth-order valence-corrected chi connectivity index (χ4v) is 6.52. The monoisotopic (exact) mass is 649 g/mol. The van der Waals surface area contributed by atoms with Crippen molar-refractivity contribution in [2.75, 3.05) is 32.1 Å². The van der Waals surface area contributed by atoms with Crippen LogP contribution in [0.4, 0.5) is 5.69 Å². The van der Waals surface area contributed by atoms with E-state index in [1.807, 2.05) is 61.5 Å². The van der Waals surface area contributed by atoms with Gasteiger partial charge in [0.05, 0.1) is 24.8 Å². The van der Waals surface area contributed by atoms with Gasteiger partial charge in [0.15, 0.2) is 11.5 Å². The van der Waals surface area contributed by atoms with Crippen molar-refractivity contribution in [1.29, 1.82) is 0 Å². The molecule has 4 aromatic rings. The van der Waals surface area contributed by atoms with E-state index in [-0.39, 0.29) is 35.2 Å². The number of likely N-dealkylation sites (N-methyl/N-ethyl adjacent to an activating group) is 1. The quantitative estimate of drug-likeness (QED) is 0.212. The van der Waals surface area contributed by atoms with Gasteiger partial charge in [0.2, 0.25) is 11.8 Å². The van der Waals surface area contributed by atoms with E-state index in [4.69, 9.17) is 21.1 Å². The van der Waals surface area contributed by atoms with Crippen molar-refractivity contribution < 1.29 is 27.5 Å². The van der Waals surface area contributed by atoms with E-state index in [0.29, 0.717) is 10.8 Å². The van der Waals surface area contributed by atoms with Gasteiger partial charge in [-0.15, -0.1) is 0 Å². The minimum Gasteiger partial charge on any atom is -0.493 e. The Morgan fingerprint density at radius 2 is 1.51 bits per heavy atom. The highest BCUT2D eigenvalue weighted by Gasteiger charge is 2.34. The van der Waals surface area contributed by atoms with Crippen LogP contribution in [0.25, 0.3) is 0 Å². The summed E-state index contributed by atoms with van der Waals surface area (Å²) < 4.78 is 40.1. The fraction of sp³-hybridized carbons (Fsp3) is 0.235. The van der Waals surface area contributed by atoms with Gasteiger partial charge in [0.1, 0.15) is 12.6 Å². The van der Waals surface area contributed by atoms with Crippen LogP contribution in [0, 0.1) is 6.92 Å². The molecule has 236 valence electrons. The minimum absolute atomic E-state index is 0.0797. The topological polar surface area (TPSA) is 105 Å². The molecule has 0 aromatic heterocycles. The highest BCUT2D eigenvalue weighted by molar-refractivity contribution is 7.92. The first-order chi connectivity index (χ1) is 21.6. The molecule has 0 bridgehead atoms. The third-order valence-corrected chi connectivity index (χ3v) is 9.31. The first-order valence-electron chi connectivity index (χ1n) is 14.2. The number of anilines is 1. The number of nitrogens with one attached hydrogen (secondary N) is 1. The number of carbonyl (C=O) groups excluding carboxylic acids is 2. The van der Waals surface area contributed by atoms with Crippen molar-refractivity contribution in [1.82, 2.24) is 10.2 Å². The maximum absolute atomic E-state index is 14.4. The molecule has 0 spiro atoms. The number of halogens is 1. The lowest BCUT2D eigenvalue weighted by molar-refractivity contribution is -0.139. The Hall–Kier alpha value is -4.54. The summed E-state index contributed by atoms with van der Waals surface area (Å²) in [4.78, 5) is 29.1. The van der Waals surface area contributed by atoms with Crippen molar-refractivity contribution in [2.45, 2.75) is 30.8 Å². The Balaban J connectivity index is 1.81. The van der Waals surface area contributed by atoms with Crippen LogP contribution < -0.4 is 19.1 Å². The molecule has 0 aliphatic carbocycles. The zero-order valence-electron chi connectivity index (χ0n) is 25.6. The molecular formula is C34H36ClN3O6S. The number of ether oxygens (including phenoxy) is 2. The number of hydrogen-bond donors (Lipinski definition) is 1. The average molecular weight is 650 g/mol. The molecule has 1 unspecified atom stereocenters. The van der Waals surface area contributed by atoms with Crippen molar-refractivity contribution >= 4 is 39.1 Å². The lowest BCUT2D eigenvalue weighted by Crippen LogP contribution is -2.53. The third-order valence-electron chi connectivity index (χ3n) is 7.29. The molecule has 1 atom stereocenters. The molecule has 2 amide bonds. The van der Waals surface area contributed by atoms with Crippen LogP contribution in [-0.2, 0) is 32.6 Å². The molecule has 0 fully saturated rings. The first kappa shape index (κ1) is 33.4. The molecule has 4 rings (SSSR count). The zero-order chi connectivity index (χ0) is 32.6. The second-order valence-corrected chi connectivity index (χ2v) is 12.6. The molecule has 4 aromatic carbocycles. The van der Waals surface area contributed by atoms with Gasteiger partial charge in [-0.1, -0.05) is 71.8 Å². The van der Waals surface area contributed by atoms with E-state index in [0.717, 1.165) is 21.0 Å². The van der Waals surface area contributed by atoms with Crippen molar-refractivity contribution in [2.24, 2.45) is 0 Å². The van der Waals surface area contributed by atoms with E-state index in [2.05, 4.69) is 5.32 Å². The number of sulfonamides is 1. The maximum Gasteiger partial charge on any atom is 0.264 e. The largest absolute Gasteiger partial charge is 0.493 e. The fourth-order valence-electron chi connectivity index (χ4n) is 4.97. The SMILES string of the molecule is CNC(=O)C(Cc1ccccc1)N(Cc1cccc(C)c1)C(=O)CN(c1ccc(Cl)cc1)S(=O)(=O)c1ccc(OC)c(OC)c1. The molecule has 45 heavy (non-hydrogen) atoms. The van der Waals surface area contributed by atoms with E-state index in [1.165, 1.54) is 56.5 Å². The van der Waals surface area contributed by atoms with Gasteiger partial charge < -0.3 is 19.7 Å². The van der Waals surface area contributed by atoms with Crippen LogP contribution in [0.1, 0.15) is 16.7 Å². The van der Waals surface area contributed by atoms with Crippen molar-refractivity contribution in [3.8, 4) is 11.5 Å². The van der Waals surface area contributed by atoms with Gasteiger partial charge in [0.25, 0.3) is 10.0 Å². The molecule has 9 nitrogen and oxygen atoms in total. The van der Waals surface area contributed by atoms with Gasteiger partial charge in [-0.3, -0.25) is 13.9 Å². The molecular weight excluding hydrogens is 614 g/mol. The Labute approximate surface area is 269 Å². The van der Waals surface area contributed by atoms with Crippen molar-refractivity contribution in [3.63, 3.8) is 0 Å². The number of carbonyl (C=O) groups is 2. The number of rotatable bonds is 13. The summed E-state index contributed by atoms with van der Waals surface area (Å²) in [5, 5.41) is 3.08. The summed E-state index contributed by atoms with van der Waals surface area (Å²) in [7, 11) is 0.0312. The van der Waals surface area contributed by atoms with Crippen LogP contribution in [0.15, 0.2) is 102 Å². The van der Waals surface area contributed by atoms with Gasteiger partial charge in [-0.25, -0.2) is 8.42 Å². The average Bonchev–Trinajstić information content (AvgIpc) is 3.05. The molecule has 0 heterocycles. The van der Waals surface area contributed by atoms with Crippen LogP contribution in [0.5, 0.6) is 11.5 Å². The Morgan fingerprint density at radius 1 is 0.844 bits per heavy atom. The smallest absolute Gasteiger partial charge is 0.264 e. The molecule has 1 N–H and O–H groups in total. The van der Waals surface area contributed by atoms with Crippen LogP contribution >= 0.6 is 11.6 Å². The Morgan fingerprint density at radius 3 is 2.13 bits per heavy atom. The zero-order valence-corrected chi connectivity index (χ0v) is 27.1. The molecule has 0 aliphatic heterocycles. The third kappa shape index (κ3) is 8.14. The summed E-state index contributed by atoms with van der Waals surface area (Å²) in [6.45, 7) is 1.43. The molecule has 0 aliphatic rings. The lowest BCUT2D eigenvalue weighted by atomic mass is 10.0. The maximum atomic E-state index is 14.4. The number of aryl methyl sites for hydroxylation is 1. The molecule has 0 radical (unpaired) electrons. The molecule has 11 heteroatoms. The van der Waals surface area contributed by atoms with Gasteiger partial charge in [-0.2, -0.15) is 0 Å².